The van der Waals surface area contributed by atoms with Crippen LogP contribution >= 0.6 is 0 Å². The molecule has 0 aromatic heterocycles. The molecule has 1 amide bonds. The van der Waals surface area contributed by atoms with Gasteiger partial charge < -0.3 is 10.1 Å². The van der Waals surface area contributed by atoms with Crippen molar-refractivity contribution >= 4 is 17.7 Å². The summed E-state index contributed by atoms with van der Waals surface area (Å²) in [5, 5.41) is 2.88. The summed E-state index contributed by atoms with van der Waals surface area (Å²) in [4.78, 5) is 37.1. The van der Waals surface area contributed by atoms with E-state index in [1.54, 1.807) is 0 Å². The number of amides is 1. The SMILES string of the molecule is CC/C=C\C/C=C\C/C=C\C/C=C\C/C=C\CCCC(=O)OCC(C)(C)CC(=O)NCCC(=O)C(CCC)CCCC. The molecule has 0 rings (SSSR count). The highest BCUT2D eigenvalue weighted by atomic mass is 16.5. The summed E-state index contributed by atoms with van der Waals surface area (Å²) in [7, 11) is 0. The number of rotatable bonds is 26. The fourth-order valence-corrected chi connectivity index (χ4v) is 4.42. The lowest BCUT2D eigenvalue weighted by Crippen LogP contribution is -2.33. The van der Waals surface area contributed by atoms with Crippen LogP contribution in [0.4, 0.5) is 0 Å². The number of hydrogen-bond acceptors (Lipinski definition) is 4. The molecule has 0 bridgehead atoms. The molecule has 1 N–H and O–H groups in total. The predicted molar refractivity (Wildman–Crippen MR) is 178 cm³/mol. The molecule has 42 heavy (non-hydrogen) atoms. The molecule has 0 fully saturated rings. The number of carbonyl (C=O) groups is 3. The Labute approximate surface area is 258 Å². The van der Waals surface area contributed by atoms with Crippen molar-refractivity contribution in [2.24, 2.45) is 11.3 Å². The van der Waals surface area contributed by atoms with Crippen molar-refractivity contribution in [3.05, 3.63) is 60.8 Å². The fraction of sp³-hybridized carbons (Fsp3) is 0.649. The van der Waals surface area contributed by atoms with Crippen LogP contribution in [-0.4, -0.2) is 30.8 Å². The van der Waals surface area contributed by atoms with Gasteiger partial charge in [-0.1, -0.05) is 115 Å². The molecular weight excluding hydrogens is 522 g/mol. The minimum Gasteiger partial charge on any atom is -0.465 e. The molecular formula is C37H61NO4. The van der Waals surface area contributed by atoms with E-state index in [-0.39, 0.29) is 36.6 Å². The molecule has 0 heterocycles. The summed E-state index contributed by atoms with van der Waals surface area (Å²) in [5.41, 5.74) is -0.459. The third-order valence-electron chi connectivity index (χ3n) is 6.86. The number of allylic oxidation sites excluding steroid dienone is 10. The molecule has 0 aliphatic carbocycles. The molecule has 0 aromatic carbocycles. The van der Waals surface area contributed by atoms with Crippen LogP contribution in [0.1, 0.15) is 131 Å². The van der Waals surface area contributed by atoms with Gasteiger partial charge in [0.2, 0.25) is 5.91 Å². The van der Waals surface area contributed by atoms with Gasteiger partial charge in [0, 0.05) is 37.1 Å². The van der Waals surface area contributed by atoms with Gasteiger partial charge in [-0.15, -0.1) is 0 Å². The molecule has 238 valence electrons. The van der Waals surface area contributed by atoms with Crippen molar-refractivity contribution in [1.82, 2.24) is 5.32 Å². The zero-order chi connectivity index (χ0) is 31.3. The number of ether oxygens (including phenoxy) is 1. The summed E-state index contributed by atoms with van der Waals surface area (Å²) < 4.78 is 5.45. The predicted octanol–water partition coefficient (Wildman–Crippen LogP) is 9.55. The largest absolute Gasteiger partial charge is 0.465 e. The van der Waals surface area contributed by atoms with Crippen LogP contribution < -0.4 is 5.32 Å². The highest BCUT2D eigenvalue weighted by Crippen LogP contribution is 2.21. The number of unbranched alkanes of at least 4 members (excludes halogenated alkanes) is 2. The van der Waals surface area contributed by atoms with E-state index in [0.717, 1.165) is 77.0 Å². The third kappa shape index (κ3) is 25.1. The maximum absolute atomic E-state index is 12.5. The van der Waals surface area contributed by atoms with Gasteiger partial charge in [-0.3, -0.25) is 14.4 Å². The van der Waals surface area contributed by atoms with Crippen LogP contribution in [0.5, 0.6) is 0 Å². The average molecular weight is 584 g/mol. The first-order valence-corrected chi connectivity index (χ1v) is 16.5. The van der Waals surface area contributed by atoms with E-state index in [1.165, 1.54) is 0 Å². The molecule has 1 atom stereocenters. The molecule has 5 nitrogen and oxygen atoms in total. The van der Waals surface area contributed by atoms with Gasteiger partial charge in [0.15, 0.2) is 0 Å². The number of nitrogens with one attached hydrogen (secondary N) is 1. The Balaban J connectivity index is 3.99. The van der Waals surface area contributed by atoms with Gasteiger partial charge in [0.05, 0.1) is 6.61 Å². The Bertz CT molecular complexity index is 863. The van der Waals surface area contributed by atoms with Gasteiger partial charge in [0.1, 0.15) is 5.78 Å². The minimum absolute atomic E-state index is 0.108. The van der Waals surface area contributed by atoms with Crippen molar-refractivity contribution in [3.63, 3.8) is 0 Å². The molecule has 5 heteroatoms. The van der Waals surface area contributed by atoms with E-state index in [0.29, 0.717) is 19.4 Å². The lowest BCUT2D eigenvalue weighted by atomic mass is 9.89. The lowest BCUT2D eigenvalue weighted by Gasteiger charge is -2.23. The van der Waals surface area contributed by atoms with E-state index in [9.17, 15) is 14.4 Å². The van der Waals surface area contributed by atoms with Gasteiger partial charge in [0.25, 0.3) is 0 Å². The first-order chi connectivity index (χ1) is 20.3. The quantitative estimate of drug-likeness (QED) is 0.0625. The summed E-state index contributed by atoms with van der Waals surface area (Å²) in [5.74, 6) is 0.0327. The fourth-order valence-electron chi connectivity index (χ4n) is 4.42. The Morgan fingerprint density at radius 3 is 1.83 bits per heavy atom. The number of esters is 1. The van der Waals surface area contributed by atoms with Crippen LogP contribution in [0, 0.1) is 11.3 Å². The molecule has 0 aliphatic rings. The van der Waals surface area contributed by atoms with Gasteiger partial charge in [-0.25, -0.2) is 0 Å². The summed E-state index contributed by atoms with van der Waals surface area (Å²) in [6.45, 7) is 10.8. The highest BCUT2D eigenvalue weighted by molar-refractivity contribution is 5.82. The molecule has 0 radical (unpaired) electrons. The Hall–Kier alpha value is -2.69. The van der Waals surface area contributed by atoms with Crippen molar-refractivity contribution < 1.29 is 19.1 Å². The normalized spacial score (nSPS) is 13.3. The lowest BCUT2D eigenvalue weighted by molar-refractivity contribution is -0.148. The van der Waals surface area contributed by atoms with Crippen molar-refractivity contribution in [2.75, 3.05) is 13.2 Å². The van der Waals surface area contributed by atoms with Gasteiger partial charge in [-0.2, -0.15) is 0 Å². The summed E-state index contributed by atoms with van der Waals surface area (Å²) >= 11 is 0. The molecule has 0 saturated carbocycles. The molecule has 0 aromatic rings. The Morgan fingerprint density at radius 1 is 0.714 bits per heavy atom. The van der Waals surface area contributed by atoms with E-state index < -0.39 is 5.41 Å². The smallest absolute Gasteiger partial charge is 0.305 e. The van der Waals surface area contributed by atoms with E-state index in [1.807, 2.05) is 13.8 Å². The average Bonchev–Trinajstić information content (AvgIpc) is 2.95. The maximum Gasteiger partial charge on any atom is 0.305 e. The minimum atomic E-state index is -0.459. The van der Waals surface area contributed by atoms with Crippen molar-refractivity contribution in [2.45, 2.75) is 131 Å². The Morgan fingerprint density at radius 2 is 1.29 bits per heavy atom. The summed E-state index contributed by atoms with van der Waals surface area (Å²) in [6, 6.07) is 0. The third-order valence-corrected chi connectivity index (χ3v) is 6.86. The van der Waals surface area contributed by atoms with Crippen LogP contribution in [0.15, 0.2) is 60.8 Å². The summed E-state index contributed by atoms with van der Waals surface area (Å²) in [6.07, 6.45) is 34.3. The zero-order valence-electron chi connectivity index (χ0n) is 27.5. The van der Waals surface area contributed by atoms with Crippen LogP contribution in [0.2, 0.25) is 0 Å². The second-order valence-electron chi connectivity index (χ2n) is 11.8. The van der Waals surface area contributed by atoms with Gasteiger partial charge >= 0.3 is 5.97 Å². The van der Waals surface area contributed by atoms with Crippen LogP contribution in [-0.2, 0) is 19.1 Å². The molecule has 1 unspecified atom stereocenters. The van der Waals surface area contributed by atoms with E-state index in [4.69, 9.17) is 4.74 Å². The monoisotopic (exact) mass is 583 g/mol. The first-order valence-electron chi connectivity index (χ1n) is 16.5. The Kier molecular flexibility index (Phi) is 25.4. The first kappa shape index (κ1) is 39.3. The second kappa shape index (κ2) is 27.2. The highest BCUT2D eigenvalue weighted by Gasteiger charge is 2.24. The number of hydrogen-bond donors (Lipinski definition) is 1. The number of ketones is 1. The zero-order valence-corrected chi connectivity index (χ0v) is 27.5. The molecule has 0 saturated heterocycles. The van der Waals surface area contributed by atoms with Gasteiger partial charge in [-0.05, 0) is 57.8 Å². The topological polar surface area (TPSA) is 72.5 Å². The number of carbonyl (C=O) groups excluding carboxylic acids is 3. The van der Waals surface area contributed by atoms with E-state index in [2.05, 4.69) is 86.8 Å². The molecule has 0 aliphatic heterocycles. The van der Waals surface area contributed by atoms with Crippen LogP contribution in [0.3, 0.4) is 0 Å². The maximum atomic E-state index is 12.5. The van der Waals surface area contributed by atoms with Crippen molar-refractivity contribution in [1.29, 1.82) is 0 Å². The number of Topliss-reactive ketones (excluding diaryl/α,β-unsaturated/α-hetero) is 1. The molecule has 0 spiro atoms. The standard InChI is InChI=1S/C37H61NO4/c1-6-9-11-12-13-14-15-16-17-18-19-20-21-22-23-24-25-28-36(41)42-32-37(4,5)31-35(40)38-30-29-34(39)33(26-8-3)27-10-7-2/h9,11,13-14,16-17,19-20,22-23,33H,6-8,10,12,15,18,21,24-32H2,1-5H3,(H,38,40)/b11-9-,14-13-,17-16-,20-19-,23-22-. The van der Waals surface area contributed by atoms with Crippen molar-refractivity contribution in [3.8, 4) is 0 Å². The van der Waals surface area contributed by atoms with Crippen LogP contribution in [0.25, 0.3) is 0 Å². The van der Waals surface area contributed by atoms with E-state index >= 15 is 0 Å². The second-order valence-corrected chi connectivity index (χ2v) is 11.8.